The number of piperidine rings is 1. The number of nitrogens with one attached hydrogen (secondary N) is 1. The van der Waals surface area contributed by atoms with Gasteiger partial charge in [-0.1, -0.05) is 0 Å². The van der Waals surface area contributed by atoms with Crippen molar-refractivity contribution in [3.05, 3.63) is 0 Å². The largest absolute Gasteiger partial charge is 0.480 e. The van der Waals surface area contributed by atoms with Gasteiger partial charge in [0, 0.05) is 13.6 Å². The van der Waals surface area contributed by atoms with Gasteiger partial charge in [-0.05, 0) is 33.2 Å². The molecular formula is C11H20N2O3. The number of carboxylic acid groups (broad SMARTS) is 1. The molecular weight excluding hydrogens is 208 g/mol. The quantitative estimate of drug-likeness (QED) is 0.729. The smallest absolute Gasteiger partial charge is 0.326 e. The van der Waals surface area contributed by atoms with E-state index < -0.39 is 17.4 Å². The third kappa shape index (κ3) is 2.52. The molecule has 1 amide bonds. The van der Waals surface area contributed by atoms with Crippen molar-refractivity contribution >= 4 is 11.9 Å². The maximum absolute atomic E-state index is 12.2. The first-order valence-electron chi connectivity index (χ1n) is 5.59. The lowest BCUT2D eigenvalue weighted by Gasteiger charge is -2.37. The van der Waals surface area contributed by atoms with Crippen molar-refractivity contribution in [1.82, 2.24) is 10.2 Å². The van der Waals surface area contributed by atoms with Crippen molar-refractivity contribution < 1.29 is 14.7 Å². The van der Waals surface area contributed by atoms with E-state index in [1.807, 2.05) is 6.92 Å². The molecule has 0 saturated carbocycles. The Labute approximate surface area is 95.8 Å². The molecule has 1 fully saturated rings. The average molecular weight is 228 g/mol. The Hall–Kier alpha value is -1.10. The van der Waals surface area contributed by atoms with Crippen molar-refractivity contribution in [2.75, 3.05) is 20.1 Å². The van der Waals surface area contributed by atoms with Gasteiger partial charge in [0.15, 0.2) is 0 Å². The molecule has 0 aliphatic carbocycles. The van der Waals surface area contributed by atoms with Crippen LogP contribution in [0.1, 0.15) is 26.7 Å². The molecule has 0 aromatic heterocycles. The van der Waals surface area contributed by atoms with Gasteiger partial charge in [-0.25, -0.2) is 4.79 Å². The Morgan fingerprint density at radius 3 is 2.56 bits per heavy atom. The molecule has 2 N–H and O–H groups in total. The second-order valence-corrected chi connectivity index (χ2v) is 4.77. The van der Waals surface area contributed by atoms with E-state index in [2.05, 4.69) is 5.32 Å². The molecule has 2 unspecified atom stereocenters. The highest BCUT2D eigenvalue weighted by Gasteiger charge is 2.38. The van der Waals surface area contributed by atoms with E-state index in [4.69, 9.17) is 5.11 Å². The second-order valence-electron chi connectivity index (χ2n) is 4.77. The number of carboxylic acids is 1. The first kappa shape index (κ1) is 13.0. The zero-order valence-corrected chi connectivity index (χ0v) is 10.1. The summed E-state index contributed by atoms with van der Waals surface area (Å²) in [6, 6.07) is -0.772. The zero-order chi connectivity index (χ0) is 12.3. The summed E-state index contributed by atoms with van der Waals surface area (Å²) in [6.45, 7) is 4.98. The maximum atomic E-state index is 12.2. The van der Waals surface area contributed by atoms with E-state index in [9.17, 15) is 9.59 Å². The summed E-state index contributed by atoms with van der Waals surface area (Å²) in [7, 11) is 1.56. The van der Waals surface area contributed by atoms with Gasteiger partial charge >= 0.3 is 5.97 Å². The molecule has 0 aromatic carbocycles. The molecule has 1 heterocycles. The number of carbonyl (C=O) groups is 2. The first-order chi connectivity index (χ1) is 7.38. The van der Waals surface area contributed by atoms with Gasteiger partial charge in [0.2, 0.25) is 5.91 Å². The molecule has 0 spiro atoms. The molecule has 1 aliphatic rings. The summed E-state index contributed by atoms with van der Waals surface area (Å²) in [5.41, 5.74) is -0.462. The number of carbonyl (C=O) groups excluding carboxylic acids is 1. The molecule has 16 heavy (non-hydrogen) atoms. The third-order valence-corrected chi connectivity index (χ3v) is 3.37. The summed E-state index contributed by atoms with van der Waals surface area (Å²) >= 11 is 0. The molecule has 0 radical (unpaired) electrons. The van der Waals surface area contributed by atoms with E-state index in [-0.39, 0.29) is 5.91 Å². The van der Waals surface area contributed by atoms with Crippen LogP contribution in [-0.2, 0) is 9.59 Å². The molecule has 2 atom stereocenters. The fourth-order valence-corrected chi connectivity index (χ4v) is 2.01. The minimum absolute atomic E-state index is 0.0883. The average Bonchev–Trinajstić information content (AvgIpc) is 2.27. The number of aliphatic carboxylic acids is 1. The molecule has 5 heteroatoms. The Balaban J connectivity index is 2.72. The molecule has 0 aromatic rings. The van der Waals surface area contributed by atoms with E-state index in [1.165, 1.54) is 11.8 Å². The summed E-state index contributed by atoms with van der Waals surface area (Å²) < 4.78 is 0. The summed E-state index contributed by atoms with van der Waals surface area (Å²) in [5.74, 6) is -1.06. The molecule has 5 nitrogen and oxygen atoms in total. The standard InChI is InChI=1S/C11H20N2O3/c1-8(9(14)15)13(3)10(16)11(2)5-4-6-12-7-11/h8,12H,4-7H2,1-3H3,(H,14,15). The number of hydrogen-bond acceptors (Lipinski definition) is 3. The Morgan fingerprint density at radius 1 is 1.50 bits per heavy atom. The number of nitrogens with zero attached hydrogens (tertiary/aromatic N) is 1. The van der Waals surface area contributed by atoms with Gasteiger partial charge in [-0.2, -0.15) is 0 Å². The maximum Gasteiger partial charge on any atom is 0.326 e. The Morgan fingerprint density at radius 2 is 2.12 bits per heavy atom. The minimum Gasteiger partial charge on any atom is -0.480 e. The van der Waals surface area contributed by atoms with E-state index >= 15 is 0 Å². The number of likely N-dealkylation sites (N-methyl/N-ethyl adjacent to an activating group) is 1. The van der Waals surface area contributed by atoms with Crippen molar-refractivity contribution in [3.8, 4) is 0 Å². The predicted octanol–water partition coefficient (Wildman–Crippen LogP) is 0.308. The van der Waals surface area contributed by atoms with Crippen LogP contribution < -0.4 is 5.32 Å². The van der Waals surface area contributed by atoms with Gasteiger partial charge in [0.1, 0.15) is 6.04 Å². The molecule has 0 bridgehead atoms. The fraction of sp³-hybridized carbons (Fsp3) is 0.818. The topological polar surface area (TPSA) is 69.6 Å². The van der Waals surface area contributed by atoms with Crippen LogP contribution in [0.4, 0.5) is 0 Å². The van der Waals surface area contributed by atoms with Crippen LogP contribution in [0.25, 0.3) is 0 Å². The lowest BCUT2D eigenvalue weighted by Crippen LogP contribution is -2.52. The lowest BCUT2D eigenvalue weighted by atomic mass is 9.81. The van der Waals surface area contributed by atoms with E-state index in [0.717, 1.165) is 19.4 Å². The van der Waals surface area contributed by atoms with Crippen LogP contribution >= 0.6 is 0 Å². The Kier molecular flexibility index (Phi) is 3.91. The van der Waals surface area contributed by atoms with Gasteiger partial charge in [-0.3, -0.25) is 4.79 Å². The van der Waals surface area contributed by atoms with Gasteiger partial charge < -0.3 is 15.3 Å². The molecule has 1 saturated heterocycles. The summed E-state index contributed by atoms with van der Waals surface area (Å²) in [6.07, 6.45) is 1.77. The second kappa shape index (κ2) is 4.82. The lowest BCUT2D eigenvalue weighted by molar-refractivity contribution is -0.153. The van der Waals surface area contributed by atoms with Crippen molar-refractivity contribution in [3.63, 3.8) is 0 Å². The van der Waals surface area contributed by atoms with Crippen LogP contribution in [0, 0.1) is 5.41 Å². The third-order valence-electron chi connectivity index (χ3n) is 3.37. The van der Waals surface area contributed by atoms with Gasteiger partial charge in [-0.15, -0.1) is 0 Å². The van der Waals surface area contributed by atoms with Crippen LogP contribution in [0.15, 0.2) is 0 Å². The van der Waals surface area contributed by atoms with Crippen LogP contribution in [-0.4, -0.2) is 48.1 Å². The zero-order valence-electron chi connectivity index (χ0n) is 10.1. The van der Waals surface area contributed by atoms with Crippen LogP contribution in [0.2, 0.25) is 0 Å². The molecule has 92 valence electrons. The Bertz CT molecular complexity index is 285. The highest BCUT2D eigenvalue weighted by molar-refractivity contribution is 5.87. The number of hydrogen-bond donors (Lipinski definition) is 2. The summed E-state index contributed by atoms with van der Waals surface area (Å²) in [5, 5.41) is 12.1. The van der Waals surface area contributed by atoms with Crippen LogP contribution in [0.5, 0.6) is 0 Å². The number of rotatable bonds is 3. The fourth-order valence-electron chi connectivity index (χ4n) is 2.01. The summed E-state index contributed by atoms with van der Waals surface area (Å²) in [4.78, 5) is 24.3. The normalized spacial score (nSPS) is 27.2. The number of amides is 1. The van der Waals surface area contributed by atoms with Crippen molar-refractivity contribution in [2.45, 2.75) is 32.7 Å². The van der Waals surface area contributed by atoms with Crippen LogP contribution in [0.3, 0.4) is 0 Å². The molecule has 1 aliphatic heterocycles. The monoisotopic (exact) mass is 228 g/mol. The van der Waals surface area contributed by atoms with E-state index in [0.29, 0.717) is 6.54 Å². The van der Waals surface area contributed by atoms with Crippen molar-refractivity contribution in [1.29, 1.82) is 0 Å². The minimum atomic E-state index is -0.969. The van der Waals surface area contributed by atoms with Gasteiger partial charge in [0.25, 0.3) is 0 Å². The highest BCUT2D eigenvalue weighted by atomic mass is 16.4. The molecule has 1 rings (SSSR count). The SMILES string of the molecule is CC(C(=O)O)N(C)C(=O)C1(C)CCCNC1. The van der Waals surface area contributed by atoms with Gasteiger partial charge in [0.05, 0.1) is 5.41 Å². The predicted molar refractivity (Wildman–Crippen MR) is 60.1 cm³/mol. The first-order valence-corrected chi connectivity index (χ1v) is 5.59. The highest BCUT2D eigenvalue weighted by Crippen LogP contribution is 2.28. The van der Waals surface area contributed by atoms with Crippen molar-refractivity contribution in [2.24, 2.45) is 5.41 Å². The van der Waals surface area contributed by atoms with E-state index in [1.54, 1.807) is 7.05 Å².